The summed E-state index contributed by atoms with van der Waals surface area (Å²) in [6, 6.07) is 0. The Morgan fingerprint density at radius 1 is 1.25 bits per heavy atom. The molecule has 1 fully saturated rings. The molecule has 0 N–H and O–H groups in total. The molecule has 1 saturated heterocycles. The zero-order valence-corrected chi connectivity index (χ0v) is 8.89. The summed E-state index contributed by atoms with van der Waals surface area (Å²) in [6.07, 6.45) is 2.70. The molecule has 0 bridgehead atoms. The van der Waals surface area contributed by atoms with E-state index in [4.69, 9.17) is 4.74 Å². The Labute approximate surface area is 76.5 Å². The third-order valence-corrected chi connectivity index (χ3v) is 3.24. The SMILES string of the molecule is CC(C)C(C)CCC1(C)COC1. The maximum atomic E-state index is 5.23. The standard InChI is InChI=1S/C11H22O/c1-9(2)10(3)5-6-11(4)7-12-8-11/h9-10H,5-8H2,1-4H3. The minimum Gasteiger partial charge on any atom is -0.380 e. The highest BCUT2D eigenvalue weighted by Gasteiger charge is 2.33. The van der Waals surface area contributed by atoms with Crippen LogP contribution < -0.4 is 0 Å². The highest BCUT2D eigenvalue weighted by atomic mass is 16.5. The van der Waals surface area contributed by atoms with E-state index in [1.165, 1.54) is 12.8 Å². The largest absolute Gasteiger partial charge is 0.380 e. The summed E-state index contributed by atoms with van der Waals surface area (Å²) in [7, 11) is 0. The van der Waals surface area contributed by atoms with Gasteiger partial charge in [0.15, 0.2) is 0 Å². The van der Waals surface area contributed by atoms with Crippen molar-refractivity contribution in [1.82, 2.24) is 0 Å². The maximum Gasteiger partial charge on any atom is 0.0542 e. The normalized spacial score (nSPS) is 23.8. The van der Waals surface area contributed by atoms with Crippen molar-refractivity contribution >= 4 is 0 Å². The van der Waals surface area contributed by atoms with E-state index < -0.39 is 0 Å². The van der Waals surface area contributed by atoms with E-state index in [0.29, 0.717) is 5.41 Å². The Morgan fingerprint density at radius 2 is 1.83 bits per heavy atom. The Balaban J connectivity index is 2.16. The fourth-order valence-corrected chi connectivity index (χ4v) is 1.50. The van der Waals surface area contributed by atoms with Gasteiger partial charge in [0.25, 0.3) is 0 Å². The van der Waals surface area contributed by atoms with Gasteiger partial charge in [-0.25, -0.2) is 0 Å². The van der Waals surface area contributed by atoms with E-state index in [1.807, 2.05) is 0 Å². The summed E-state index contributed by atoms with van der Waals surface area (Å²) in [5.41, 5.74) is 0.517. The lowest BCUT2D eigenvalue weighted by molar-refractivity contribution is -0.108. The lowest BCUT2D eigenvalue weighted by atomic mass is 9.79. The molecule has 0 aliphatic carbocycles. The van der Waals surface area contributed by atoms with Gasteiger partial charge in [-0.15, -0.1) is 0 Å². The summed E-state index contributed by atoms with van der Waals surface area (Å²) in [4.78, 5) is 0. The Bertz CT molecular complexity index is 136. The molecule has 0 aromatic carbocycles. The van der Waals surface area contributed by atoms with E-state index >= 15 is 0 Å². The van der Waals surface area contributed by atoms with Crippen LogP contribution in [0.25, 0.3) is 0 Å². The predicted molar refractivity (Wildman–Crippen MR) is 52.2 cm³/mol. The van der Waals surface area contributed by atoms with Gasteiger partial charge in [-0.2, -0.15) is 0 Å². The monoisotopic (exact) mass is 170 g/mol. The lowest BCUT2D eigenvalue weighted by Gasteiger charge is -2.39. The van der Waals surface area contributed by atoms with Crippen LogP contribution in [0.5, 0.6) is 0 Å². The second-order valence-corrected chi connectivity index (χ2v) is 5.06. The van der Waals surface area contributed by atoms with Crippen molar-refractivity contribution in [2.75, 3.05) is 13.2 Å². The average molecular weight is 170 g/mol. The van der Waals surface area contributed by atoms with E-state index in [0.717, 1.165) is 25.0 Å². The fourth-order valence-electron chi connectivity index (χ4n) is 1.50. The first-order valence-corrected chi connectivity index (χ1v) is 5.11. The molecule has 0 aromatic rings. The second kappa shape index (κ2) is 3.78. The van der Waals surface area contributed by atoms with Gasteiger partial charge in [0.2, 0.25) is 0 Å². The highest BCUT2D eigenvalue weighted by Crippen LogP contribution is 2.34. The Kier molecular flexibility index (Phi) is 3.16. The summed E-state index contributed by atoms with van der Waals surface area (Å²) < 4.78 is 5.23. The number of hydrogen-bond acceptors (Lipinski definition) is 1. The van der Waals surface area contributed by atoms with Crippen molar-refractivity contribution in [1.29, 1.82) is 0 Å². The van der Waals surface area contributed by atoms with Gasteiger partial charge in [-0.1, -0.05) is 27.7 Å². The zero-order chi connectivity index (χ0) is 9.19. The highest BCUT2D eigenvalue weighted by molar-refractivity contribution is 4.81. The van der Waals surface area contributed by atoms with Crippen LogP contribution in [0.2, 0.25) is 0 Å². The van der Waals surface area contributed by atoms with Gasteiger partial charge < -0.3 is 4.74 Å². The third-order valence-electron chi connectivity index (χ3n) is 3.24. The second-order valence-electron chi connectivity index (χ2n) is 5.06. The van der Waals surface area contributed by atoms with Gasteiger partial charge in [0, 0.05) is 5.41 Å². The van der Waals surface area contributed by atoms with Crippen molar-refractivity contribution in [3.8, 4) is 0 Å². The van der Waals surface area contributed by atoms with Crippen LogP contribution in [0.15, 0.2) is 0 Å². The summed E-state index contributed by atoms with van der Waals surface area (Å²) >= 11 is 0. The molecule has 1 heteroatoms. The Morgan fingerprint density at radius 3 is 2.17 bits per heavy atom. The van der Waals surface area contributed by atoms with Crippen LogP contribution in [0.1, 0.15) is 40.5 Å². The Hall–Kier alpha value is -0.0400. The van der Waals surface area contributed by atoms with E-state index in [1.54, 1.807) is 0 Å². The predicted octanol–water partition coefficient (Wildman–Crippen LogP) is 3.10. The molecule has 0 spiro atoms. The average Bonchev–Trinajstić information content (AvgIpc) is 1.96. The van der Waals surface area contributed by atoms with Gasteiger partial charge in [-0.3, -0.25) is 0 Å². The van der Waals surface area contributed by atoms with Gasteiger partial charge in [-0.05, 0) is 24.7 Å². The molecular formula is C11H22O. The smallest absolute Gasteiger partial charge is 0.0542 e. The quantitative estimate of drug-likeness (QED) is 0.630. The molecule has 1 nitrogen and oxygen atoms in total. The zero-order valence-electron chi connectivity index (χ0n) is 8.89. The molecule has 0 radical (unpaired) electrons. The van der Waals surface area contributed by atoms with Crippen LogP contribution in [0.3, 0.4) is 0 Å². The van der Waals surface area contributed by atoms with Crippen molar-refractivity contribution in [2.45, 2.75) is 40.5 Å². The van der Waals surface area contributed by atoms with Crippen LogP contribution in [0, 0.1) is 17.3 Å². The molecule has 0 saturated carbocycles. The number of rotatable bonds is 4. The minimum atomic E-state index is 0.517. The molecule has 1 heterocycles. The molecule has 1 aliphatic heterocycles. The molecule has 1 atom stereocenters. The fraction of sp³-hybridized carbons (Fsp3) is 1.00. The number of ether oxygens (including phenoxy) is 1. The first-order valence-electron chi connectivity index (χ1n) is 5.11. The third kappa shape index (κ3) is 2.48. The van der Waals surface area contributed by atoms with Gasteiger partial charge >= 0.3 is 0 Å². The molecule has 1 aliphatic rings. The minimum absolute atomic E-state index is 0.517. The first kappa shape index (κ1) is 10.0. The topological polar surface area (TPSA) is 9.23 Å². The van der Waals surface area contributed by atoms with Crippen LogP contribution >= 0.6 is 0 Å². The van der Waals surface area contributed by atoms with Crippen LogP contribution in [-0.4, -0.2) is 13.2 Å². The van der Waals surface area contributed by atoms with Crippen molar-refractivity contribution in [3.63, 3.8) is 0 Å². The molecular weight excluding hydrogens is 148 g/mol. The lowest BCUT2D eigenvalue weighted by Crippen LogP contribution is -2.39. The summed E-state index contributed by atoms with van der Waals surface area (Å²) in [5, 5.41) is 0. The molecule has 72 valence electrons. The molecule has 1 unspecified atom stereocenters. The van der Waals surface area contributed by atoms with E-state index in [2.05, 4.69) is 27.7 Å². The van der Waals surface area contributed by atoms with Crippen LogP contribution in [0.4, 0.5) is 0 Å². The summed E-state index contributed by atoms with van der Waals surface area (Å²) in [5.74, 6) is 1.69. The van der Waals surface area contributed by atoms with Gasteiger partial charge in [0.05, 0.1) is 13.2 Å². The first-order chi connectivity index (χ1) is 5.53. The number of hydrogen-bond donors (Lipinski definition) is 0. The molecule has 0 aromatic heterocycles. The van der Waals surface area contributed by atoms with Gasteiger partial charge in [0.1, 0.15) is 0 Å². The van der Waals surface area contributed by atoms with Crippen LogP contribution in [-0.2, 0) is 4.74 Å². The molecule has 1 rings (SSSR count). The summed E-state index contributed by atoms with van der Waals surface area (Å²) in [6.45, 7) is 11.3. The van der Waals surface area contributed by atoms with Crippen molar-refractivity contribution in [2.24, 2.45) is 17.3 Å². The molecule has 12 heavy (non-hydrogen) atoms. The molecule has 0 amide bonds. The van der Waals surface area contributed by atoms with Crippen molar-refractivity contribution in [3.05, 3.63) is 0 Å². The maximum absolute atomic E-state index is 5.23. The van der Waals surface area contributed by atoms with E-state index in [9.17, 15) is 0 Å². The van der Waals surface area contributed by atoms with E-state index in [-0.39, 0.29) is 0 Å². The van der Waals surface area contributed by atoms with Crippen molar-refractivity contribution < 1.29 is 4.74 Å².